The Bertz CT molecular complexity index is 1550. The van der Waals surface area contributed by atoms with E-state index in [0.717, 1.165) is 22.2 Å². The summed E-state index contributed by atoms with van der Waals surface area (Å²) in [6.45, 7) is 3.15. The fourth-order valence-corrected chi connectivity index (χ4v) is 3.84. The molecule has 33 heavy (non-hydrogen) atoms. The average Bonchev–Trinajstić information content (AvgIpc) is 3.10. The largest absolute Gasteiger partial charge is 0.355 e. The molecule has 0 saturated carbocycles. The minimum absolute atomic E-state index is 0.00574. The number of fused-ring (bicyclic) bond motifs is 1. The Morgan fingerprint density at radius 3 is 2.36 bits per heavy atom. The molecule has 0 aromatic carbocycles. The minimum Gasteiger partial charge on any atom is -0.355 e. The third-order valence-electron chi connectivity index (χ3n) is 5.64. The van der Waals surface area contributed by atoms with Crippen LogP contribution < -0.4 is 21.5 Å². The van der Waals surface area contributed by atoms with Crippen LogP contribution in [0.1, 0.15) is 31.2 Å². The topological polar surface area (TPSA) is 106 Å². The van der Waals surface area contributed by atoms with Crippen LogP contribution in [0.25, 0.3) is 10.9 Å². The van der Waals surface area contributed by atoms with Crippen molar-refractivity contribution >= 4 is 39.8 Å². The number of rotatable bonds is 5. The highest BCUT2D eigenvalue weighted by molar-refractivity contribution is 6.02. The average molecular weight is 449 g/mol. The number of nitrogens with zero attached hydrogens (tertiary/aromatic N) is 4. The van der Waals surface area contributed by atoms with Crippen molar-refractivity contribution in [2.45, 2.75) is 20.8 Å². The summed E-state index contributed by atoms with van der Waals surface area (Å²) in [5.41, 5.74) is 4.28. The lowest BCUT2D eigenvalue weighted by molar-refractivity contribution is 0.0963. The quantitative estimate of drug-likeness (QED) is 0.432. The zero-order valence-corrected chi connectivity index (χ0v) is 19.1. The van der Waals surface area contributed by atoms with E-state index in [-0.39, 0.29) is 16.8 Å². The van der Waals surface area contributed by atoms with Crippen LogP contribution in [0.15, 0.2) is 41.7 Å². The van der Waals surface area contributed by atoms with Crippen molar-refractivity contribution in [1.82, 2.24) is 24.4 Å². The molecule has 4 aromatic heterocycles. The molecule has 1 amide bonds. The highest BCUT2D eigenvalue weighted by Gasteiger charge is 2.18. The Hall–Kier alpha value is -4.14. The second-order valence-electron chi connectivity index (χ2n) is 8.08. The molecule has 0 aliphatic rings. The zero-order valence-electron chi connectivity index (χ0n) is 22.1. The molecular weight excluding hydrogens is 418 g/mol. The molecule has 0 fully saturated rings. The second kappa shape index (κ2) is 8.42. The van der Waals surface area contributed by atoms with Gasteiger partial charge in [-0.2, -0.15) is 0 Å². The van der Waals surface area contributed by atoms with Crippen LogP contribution in [-0.4, -0.2) is 32.0 Å². The summed E-state index contributed by atoms with van der Waals surface area (Å²) in [4.78, 5) is 34.5. The number of aryl methyl sites for hydroxylation is 5. The monoisotopic (exact) mass is 448 g/mol. The predicted molar refractivity (Wildman–Crippen MR) is 131 cm³/mol. The van der Waals surface area contributed by atoms with Gasteiger partial charge in [-0.25, -0.2) is 9.97 Å². The molecule has 3 N–H and O–H groups in total. The summed E-state index contributed by atoms with van der Waals surface area (Å²) < 4.78 is 25.6. The molecule has 0 spiro atoms. The van der Waals surface area contributed by atoms with Crippen LogP contribution in [0.2, 0.25) is 0 Å². The number of pyridine rings is 3. The number of amides is 1. The van der Waals surface area contributed by atoms with Crippen molar-refractivity contribution in [3.05, 3.63) is 69.5 Å². The van der Waals surface area contributed by atoms with Gasteiger partial charge in [0.05, 0.1) is 27.8 Å². The number of carbonyl (C=O) groups is 1. The third kappa shape index (κ3) is 4.05. The van der Waals surface area contributed by atoms with Gasteiger partial charge < -0.3 is 25.1 Å². The molecular formula is C24H27N7O2. The molecule has 9 nitrogen and oxygen atoms in total. The minimum atomic E-state index is -2.68. The summed E-state index contributed by atoms with van der Waals surface area (Å²) in [6.07, 6.45) is 6.53. The van der Waals surface area contributed by atoms with Crippen molar-refractivity contribution < 1.29 is 8.91 Å². The molecule has 9 heteroatoms. The van der Waals surface area contributed by atoms with Gasteiger partial charge >= 0.3 is 0 Å². The summed E-state index contributed by atoms with van der Waals surface area (Å²) in [5, 5.41) is 8.72. The van der Waals surface area contributed by atoms with E-state index in [1.807, 2.05) is 43.8 Å². The van der Waals surface area contributed by atoms with Crippen LogP contribution in [0.5, 0.6) is 0 Å². The van der Waals surface area contributed by atoms with Crippen molar-refractivity contribution in [3.8, 4) is 0 Å². The standard InChI is InChI=1S/C24H27N7O2/c1-13-7-19(26-9-14(13)2)29-20-8-17(16(10-27-20)23(32)25-4)28-18-12-30(5)22-15(3)11-31(6)24(33)21(18)22/h7-12H,1-6H3,(H,25,32)(H2,26,27,28,29)/i4D3. The van der Waals surface area contributed by atoms with E-state index in [9.17, 15) is 9.59 Å². The van der Waals surface area contributed by atoms with E-state index in [4.69, 9.17) is 4.11 Å². The summed E-state index contributed by atoms with van der Waals surface area (Å²) in [6, 6.07) is 3.45. The predicted octanol–water partition coefficient (Wildman–Crippen LogP) is 3.44. The summed E-state index contributed by atoms with van der Waals surface area (Å²) >= 11 is 0. The number of nitrogens with one attached hydrogen (secondary N) is 3. The zero-order chi connectivity index (χ0) is 26.4. The molecule has 0 saturated heterocycles. The van der Waals surface area contributed by atoms with Gasteiger partial charge in [-0.1, -0.05) is 0 Å². The molecule has 0 atom stereocenters. The van der Waals surface area contributed by atoms with Gasteiger partial charge in [-0.3, -0.25) is 9.59 Å². The van der Waals surface area contributed by atoms with Crippen molar-refractivity contribution in [1.29, 1.82) is 0 Å². The number of carbonyl (C=O) groups excluding carboxylic acids is 1. The van der Waals surface area contributed by atoms with Gasteiger partial charge in [0.15, 0.2) is 0 Å². The summed E-state index contributed by atoms with van der Waals surface area (Å²) in [7, 11) is 3.50. The molecule has 0 aliphatic carbocycles. The first kappa shape index (κ1) is 18.4. The van der Waals surface area contributed by atoms with Crippen molar-refractivity contribution in [2.75, 3.05) is 17.6 Å². The Kier molecular flexibility index (Phi) is 4.70. The Morgan fingerprint density at radius 1 is 0.909 bits per heavy atom. The maximum atomic E-state index is 13.0. The van der Waals surface area contributed by atoms with Crippen LogP contribution in [0, 0.1) is 20.8 Å². The molecule has 0 aliphatic heterocycles. The van der Waals surface area contributed by atoms with Crippen LogP contribution in [0.4, 0.5) is 23.0 Å². The van der Waals surface area contributed by atoms with Crippen LogP contribution in [0.3, 0.4) is 0 Å². The molecule has 4 aromatic rings. The van der Waals surface area contributed by atoms with Gasteiger partial charge in [0.1, 0.15) is 11.6 Å². The normalized spacial score (nSPS) is 12.7. The number of hydrogen-bond donors (Lipinski definition) is 3. The van der Waals surface area contributed by atoms with E-state index >= 15 is 0 Å². The lowest BCUT2D eigenvalue weighted by Gasteiger charge is -2.13. The molecule has 170 valence electrons. The summed E-state index contributed by atoms with van der Waals surface area (Å²) in [5.74, 6) is 0.110. The van der Waals surface area contributed by atoms with E-state index < -0.39 is 12.9 Å². The first-order valence-corrected chi connectivity index (χ1v) is 10.3. The van der Waals surface area contributed by atoms with Gasteiger partial charge in [0.2, 0.25) is 0 Å². The Morgan fingerprint density at radius 2 is 1.64 bits per heavy atom. The lowest BCUT2D eigenvalue weighted by atomic mass is 10.1. The molecule has 0 radical (unpaired) electrons. The number of anilines is 4. The van der Waals surface area contributed by atoms with Gasteiger partial charge in [-0.05, 0) is 43.5 Å². The molecule has 4 heterocycles. The van der Waals surface area contributed by atoms with Gasteiger partial charge in [0, 0.05) is 56.0 Å². The lowest BCUT2D eigenvalue weighted by Crippen LogP contribution is -2.20. The maximum Gasteiger partial charge on any atom is 0.261 e. The SMILES string of the molecule is [2H]C([2H])([2H])NC(=O)c1cnc(Nc2cc(C)c(C)cn2)cc1Nc1cn(C)c2c(C)cn(C)c(=O)c12. The number of hydrogen-bond acceptors (Lipinski definition) is 6. The maximum absolute atomic E-state index is 13.0. The van der Waals surface area contributed by atoms with Crippen LogP contribution >= 0.6 is 0 Å². The molecule has 4 rings (SSSR count). The first-order chi connectivity index (χ1) is 16.8. The van der Waals surface area contributed by atoms with Crippen molar-refractivity contribution in [2.24, 2.45) is 14.1 Å². The van der Waals surface area contributed by atoms with Gasteiger partial charge in [-0.15, -0.1) is 0 Å². The second-order valence-corrected chi connectivity index (χ2v) is 8.08. The van der Waals surface area contributed by atoms with E-state index in [0.29, 0.717) is 22.7 Å². The fourth-order valence-electron chi connectivity index (χ4n) is 3.84. The Balaban J connectivity index is 1.82. The van der Waals surface area contributed by atoms with Crippen molar-refractivity contribution in [3.63, 3.8) is 0 Å². The first-order valence-electron chi connectivity index (χ1n) is 11.8. The fraction of sp³-hybridized carbons (Fsp3) is 0.250. The highest BCUT2D eigenvalue weighted by Crippen LogP contribution is 2.30. The van der Waals surface area contributed by atoms with E-state index in [1.54, 1.807) is 31.7 Å². The highest BCUT2D eigenvalue weighted by atomic mass is 16.1. The third-order valence-corrected chi connectivity index (χ3v) is 5.64. The number of aromatic nitrogens is 4. The Labute approximate surface area is 195 Å². The smallest absolute Gasteiger partial charge is 0.261 e. The van der Waals surface area contributed by atoms with Crippen LogP contribution in [-0.2, 0) is 14.1 Å². The molecule has 0 unspecified atom stereocenters. The van der Waals surface area contributed by atoms with Gasteiger partial charge in [0.25, 0.3) is 11.5 Å². The van der Waals surface area contributed by atoms with E-state index in [2.05, 4.69) is 20.6 Å². The molecule has 0 bridgehead atoms. The van der Waals surface area contributed by atoms with E-state index in [1.165, 1.54) is 10.8 Å².